The van der Waals surface area contributed by atoms with Crippen LogP contribution >= 0.6 is 0 Å². The van der Waals surface area contributed by atoms with Crippen LogP contribution in [0.2, 0.25) is 0 Å². The smallest absolute Gasteiger partial charge is 0.140 e. The summed E-state index contributed by atoms with van der Waals surface area (Å²) in [6.45, 7) is 5.06. The van der Waals surface area contributed by atoms with Crippen molar-refractivity contribution in [1.82, 2.24) is 19.7 Å². The van der Waals surface area contributed by atoms with Gasteiger partial charge in [0.1, 0.15) is 11.5 Å². The molecule has 2 heterocycles. The molecule has 4 nitrogen and oxygen atoms in total. The van der Waals surface area contributed by atoms with Gasteiger partial charge in [0, 0.05) is 24.9 Å². The third-order valence-electron chi connectivity index (χ3n) is 2.65. The number of hydrogen-bond acceptors (Lipinski definition) is 3. The molecule has 1 N–H and O–H groups in total. The highest BCUT2D eigenvalue weighted by Gasteiger charge is 2.08. The lowest BCUT2D eigenvalue weighted by Gasteiger charge is -2.00. The zero-order valence-electron chi connectivity index (χ0n) is 9.41. The predicted octanol–water partition coefficient (Wildman–Crippen LogP) is 1.11. The zero-order chi connectivity index (χ0) is 10.8. The fraction of sp³-hybridized carbons (Fsp3) is 0.455. The van der Waals surface area contributed by atoms with Gasteiger partial charge in [0.05, 0.1) is 5.69 Å². The molecule has 80 valence electrons. The first-order valence-electron chi connectivity index (χ1n) is 5.18. The first kappa shape index (κ1) is 10.1. The number of nitrogens with one attached hydrogen (secondary N) is 1. The Morgan fingerprint density at radius 1 is 1.40 bits per heavy atom. The van der Waals surface area contributed by atoms with E-state index in [-0.39, 0.29) is 0 Å². The van der Waals surface area contributed by atoms with Crippen LogP contribution in [0.4, 0.5) is 0 Å². The molecule has 4 heteroatoms. The molecule has 0 saturated carbocycles. The van der Waals surface area contributed by atoms with Crippen LogP contribution in [-0.2, 0) is 6.42 Å². The largest absolute Gasteiger partial charge is 0.319 e. The molecule has 0 aliphatic carbocycles. The van der Waals surface area contributed by atoms with Crippen LogP contribution in [0.25, 0.3) is 5.65 Å². The highest BCUT2D eigenvalue weighted by molar-refractivity contribution is 5.42. The van der Waals surface area contributed by atoms with Gasteiger partial charge < -0.3 is 5.32 Å². The highest BCUT2D eigenvalue weighted by Crippen LogP contribution is 2.12. The van der Waals surface area contributed by atoms with Gasteiger partial charge in [-0.3, -0.25) is 4.40 Å². The van der Waals surface area contributed by atoms with Crippen LogP contribution in [0.1, 0.15) is 17.2 Å². The van der Waals surface area contributed by atoms with Crippen molar-refractivity contribution in [2.45, 2.75) is 20.3 Å². The Morgan fingerprint density at radius 2 is 2.20 bits per heavy atom. The lowest BCUT2D eigenvalue weighted by atomic mass is 10.2. The minimum absolute atomic E-state index is 0.956. The Hall–Kier alpha value is -1.42. The Labute approximate surface area is 89.4 Å². The monoisotopic (exact) mass is 204 g/mol. The number of rotatable bonds is 3. The predicted molar refractivity (Wildman–Crippen MR) is 60.1 cm³/mol. The van der Waals surface area contributed by atoms with Gasteiger partial charge in [0.15, 0.2) is 0 Å². The van der Waals surface area contributed by atoms with Gasteiger partial charge in [-0.05, 0) is 27.0 Å². The van der Waals surface area contributed by atoms with Crippen LogP contribution in [-0.4, -0.2) is 28.0 Å². The van der Waals surface area contributed by atoms with Crippen LogP contribution < -0.4 is 5.32 Å². The van der Waals surface area contributed by atoms with Crippen LogP contribution in [0.15, 0.2) is 12.3 Å². The average Bonchev–Trinajstić information content (AvgIpc) is 2.54. The molecule has 2 rings (SSSR count). The summed E-state index contributed by atoms with van der Waals surface area (Å²) in [6.07, 6.45) is 2.77. The molecular weight excluding hydrogens is 188 g/mol. The summed E-state index contributed by atoms with van der Waals surface area (Å²) in [6, 6.07) is 1.95. The van der Waals surface area contributed by atoms with E-state index in [1.54, 1.807) is 6.20 Å². The fourth-order valence-electron chi connectivity index (χ4n) is 1.84. The van der Waals surface area contributed by atoms with E-state index >= 15 is 0 Å². The van der Waals surface area contributed by atoms with Crippen molar-refractivity contribution in [2.75, 3.05) is 13.6 Å². The van der Waals surface area contributed by atoms with Gasteiger partial charge in [-0.1, -0.05) is 0 Å². The van der Waals surface area contributed by atoms with Gasteiger partial charge in [0.2, 0.25) is 0 Å². The van der Waals surface area contributed by atoms with Gasteiger partial charge in [-0.2, -0.15) is 0 Å². The van der Waals surface area contributed by atoms with E-state index in [9.17, 15) is 0 Å². The van der Waals surface area contributed by atoms with Crippen LogP contribution in [0.3, 0.4) is 0 Å². The van der Waals surface area contributed by atoms with Gasteiger partial charge in [0.25, 0.3) is 0 Å². The minimum Gasteiger partial charge on any atom is -0.319 e. The van der Waals surface area contributed by atoms with E-state index in [0.29, 0.717) is 0 Å². The van der Waals surface area contributed by atoms with E-state index < -0.39 is 0 Å². The Kier molecular flexibility index (Phi) is 2.68. The quantitative estimate of drug-likeness (QED) is 0.814. The zero-order valence-corrected chi connectivity index (χ0v) is 9.41. The number of aryl methyl sites for hydroxylation is 2. The molecule has 0 aromatic carbocycles. The molecule has 0 unspecified atom stereocenters. The molecule has 0 aliphatic heterocycles. The van der Waals surface area contributed by atoms with Gasteiger partial charge in [-0.25, -0.2) is 9.97 Å². The second kappa shape index (κ2) is 3.98. The maximum atomic E-state index is 4.59. The molecule has 0 aliphatic rings. The molecule has 0 atom stereocenters. The summed E-state index contributed by atoms with van der Waals surface area (Å²) in [4.78, 5) is 8.86. The van der Waals surface area contributed by atoms with E-state index in [4.69, 9.17) is 0 Å². The third kappa shape index (κ3) is 1.72. The summed E-state index contributed by atoms with van der Waals surface area (Å²) in [7, 11) is 1.96. The molecule has 0 fully saturated rings. The maximum absolute atomic E-state index is 4.59. The first-order valence-corrected chi connectivity index (χ1v) is 5.18. The summed E-state index contributed by atoms with van der Waals surface area (Å²) < 4.78 is 2.10. The van der Waals surface area contributed by atoms with Crippen molar-refractivity contribution < 1.29 is 0 Å². The summed E-state index contributed by atoms with van der Waals surface area (Å²) in [5.41, 5.74) is 3.34. The summed E-state index contributed by atoms with van der Waals surface area (Å²) in [5.74, 6) is 0.994. The lowest BCUT2D eigenvalue weighted by molar-refractivity contribution is 0.775. The third-order valence-corrected chi connectivity index (χ3v) is 2.65. The summed E-state index contributed by atoms with van der Waals surface area (Å²) >= 11 is 0. The van der Waals surface area contributed by atoms with Crippen molar-refractivity contribution in [2.24, 2.45) is 0 Å². The first-order chi connectivity index (χ1) is 7.24. The van der Waals surface area contributed by atoms with Gasteiger partial charge in [-0.15, -0.1) is 0 Å². The van der Waals surface area contributed by atoms with Crippen LogP contribution in [0.5, 0.6) is 0 Å². The SMILES string of the molecule is CNCCc1nc2ccnc(C)n2c1C. The molecule has 2 aromatic rings. The molecule has 0 spiro atoms. The number of likely N-dealkylation sites (N-methyl/N-ethyl adjacent to an activating group) is 1. The van der Waals surface area contributed by atoms with Crippen molar-refractivity contribution in [3.05, 3.63) is 29.5 Å². The van der Waals surface area contributed by atoms with E-state index in [1.807, 2.05) is 20.0 Å². The molecular formula is C11H16N4. The summed E-state index contributed by atoms with van der Waals surface area (Å²) in [5, 5.41) is 3.14. The topological polar surface area (TPSA) is 42.2 Å². The van der Waals surface area contributed by atoms with E-state index in [2.05, 4.69) is 26.6 Å². The molecule has 15 heavy (non-hydrogen) atoms. The highest BCUT2D eigenvalue weighted by atomic mass is 15.1. The van der Waals surface area contributed by atoms with Crippen LogP contribution in [0, 0.1) is 13.8 Å². The Balaban J connectivity index is 2.50. The second-order valence-electron chi connectivity index (χ2n) is 3.68. The van der Waals surface area contributed by atoms with E-state index in [1.165, 1.54) is 5.69 Å². The number of imidazole rings is 1. The Morgan fingerprint density at radius 3 is 2.87 bits per heavy atom. The number of hydrogen-bond donors (Lipinski definition) is 1. The molecule has 0 saturated heterocycles. The van der Waals surface area contributed by atoms with Crippen molar-refractivity contribution in [3.63, 3.8) is 0 Å². The van der Waals surface area contributed by atoms with Crippen molar-refractivity contribution >= 4 is 5.65 Å². The average molecular weight is 204 g/mol. The van der Waals surface area contributed by atoms with Gasteiger partial charge >= 0.3 is 0 Å². The molecule has 2 aromatic heterocycles. The molecule has 0 amide bonds. The fourth-order valence-corrected chi connectivity index (χ4v) is 1.84. The normalized spacial score (nSPS) is 11.1. The number of aromatic nitrogens is 3. The molecule has 0 bridgehead atoms. The van der Waals surface area contributed by atoms with Crippen molar-refractivity contribution in [3.8, 4) is 0 Å². The minimum atomic E-state index is 0.956. The standard InChI is InChI=1S/C11H16N4/c1-8-10(4-6-12-3)14-11-5-7-13-9(2)15(8)11/h5,7,12H,4,6H2,1-3H3. The van der Waals surface area contributed by atoms with E-state index in [0.717, 1.165) is 30.1 Å². The second-order valence-corrected chi connectivity index (χ2v) is 3.68. The maximum Gasteiger partial charge on any atom is 0.140 e. The van der Waals surface area contributed by atoms with Crippen molar-refractivity contribution in [1.29, 1.82) is 0 Å². The number of nitrogens with zero attached hydrogens (tertiary/aromatic N) is 3. The lowest BCUT2D eigenvalue weighted by Crippen LogP contribution is -2.11. The molecule has 0 radical (unpaired) electrons. The Bertz CT molecular complexity index is 473. The number of fused-ring (bicyclic) bond motifs is 1.